The number of anilines is 3. The Labute approximate surface area is 168 Å². The molecule has 1 aliphatic heterocycles. The zero-order valence-electron chi connectivity index (χ0n) is 16.3. The van der Waals surface area contributed by atoms with Crippen LogP contribution >= 0.6 is 0 Å². The summed E-state index contributed by atoms with van der Waals surface area (Å²) in [4.78, 5) is 9.29. The van der Waals surface area contributed by atoms with Crippen LogP contribution in [0.1, 0.15) is 25.0 Å². The lowest BCUT2D eigenvalue weighted by Gasteiger charge is -2.18. The Hall–Kier alpha value is -3.42. The smallest absolute Gasteiger partial charge is 0.180 e. The van der Waals surface area contributed by atoms with Gasteiger partial charge in [-0.15, -0.1) is 0 Å². The Balaban J connectivity index is 1.53. The van der Waals surface area contributed by atoms with Gasteiger partial charge in [0.15, 0.2) is 11.5 Å². The van der Waals surface area contributed by atoms with Crippen molar-refractivity contribution in [2.45, 2.75) is 26.0 Å². The van der Waals surface area contributed by atoms with E-state index < -0.39 is 5.60 Å². The first-order chi connectivity index (χ1) is 14.0. The lowest BCUT2D eigenvalue weighted by atomic mass is 9.98. The fourth-order valence-corrected chi connectivity index (χ4v) is 3.51. The van der Waals surface area contributed by atoms with Crippen LogP contribution in [0.2, 0.25) is 0 Å². The predicted molar refractivity (Wildman–Crippen MR) is 114 cm³/mol. The second-order valence-electron chi connectivity index (χ2n) is 7.74. The van der Waals surface area contributed by atoms with Crippen LogP contribution in [0.25, 0.3) is 16.9 Å². The van der Waals surface area contributed by atoms with Crippen LogP contribution in [0.5, 0.6) is 0 Å². The number of imidazole rings is 1. The molecule has 146 valence electrons. The molecule has 0 amide bonds. The summed E-state index contributed by atoms with van der Waals surface area (Å²) in [6, 6.07) is 14.0. The maximum atomic E-state index is 10.2. The molecule has 0 saturated heterocycles. The molecule has 0 saturated carbocycles. The molecule has 29 heavy (non-hydrogen) atoms. The highest BCUT2D eigenvalue weighted by Crippen LogP contribution is 2.29. The third-order valence-corrected chi connectivity index (χ3v) is 5.13. The van der Waals surface area contributed by atoms with Crippen molar-refractivity contribution in [3.05, 3.63) is 72.2 Å². The molecule has 5 rings (SSSR count). The number of benzene rings is 2. The molecule has 2 aromatic heterocycles. The summed E-state index contributed by atoms with van der Waals surface area (Å²) in [5.41, 5.74) is 12.1. The highest BCUT2D eigenvalue weighted by Gasteiger charge is 2.16. The summed E-state index contributed by atoms with van der Waals surface area (Å²) in [6.07, 6.45) is 5.67. The summed E-state index contributed by atoms with van der Waals surface area (Å²) >= 11 is 0. The lowest BCUT2D eigenvalue weighted by Crippen LogP contribution is -2.15. The van der Waals surface area contributed by atoms with Crippen LogP contribution in [0.3, 0.4) is 0 Å². The second kappa shape index (κ2) is 6.58. The van der Waals surface area contributed by atoms with E-state index in [0.717, 1.165) is 40.4 Å². The molecule has 0 bridgehead atoms. The molecule has 7 nitrogen and oxygen atoms in total. The van der Waals surface area contributed by atoms with E-state index in [2.05, 4.69) is 39.4 Å². The SMILES string of the molecule is CC(C)(O)c1ccc(Nc2nc(-c3ccc4c(c3)CNN4)cn3ccnc23)cc1. The molecule has 0 atom stereocenters. The van der Waals surface area contributed by atoms with Crippen molar-refractivity contribution in [2.24, 2.45) is 0 Å². The quantitative estimate of drug-likeness (QED) is 0.427. The molecule has 7 heteroatoms. The number of nitrogens with zero attached hydrogens (tertiary/aromatic N) is 3. The van der Waals surface area contributed by atoms with Gasteiger partial charge in [-0.1, -0.05) is 18.2 Å². The largest absolute Gasteiger partial charge is 0.386 e. The zero-order chi connectivity index (χ0) is 20.0. The monoisotopic (exact) mass is 386 g/mol. The maximum absolute atomic E-state index is 10.2. The van der Waals surface area contributed by atoms with Gasteiger partial charge in [-0.05, 0) is 49.2 Å². The van der Waals surface area contributed by atoms with Gasteiger partial charge in [0.25, 0.3) is 0 Å². The zero-order valence-corrected chi connectivity index (χ0v) is 16.3. The number of hydrazine groups is 1. The lowest BCUT2D eigenvalue weighted by molar-refractivity contribution is 0.0786. The number of nitrogens with one attached hydrogen (secondary N) is 3. The first-order valence-electron chi connectivity index (χ1n) is 9.53. The van der Waals surface area contributed by atoms with Gasteiger partial charge in [0, 0.05) is 36.4 Å². The molecule has 4 N–H and O–H groups in total. The molecule has 0 aliphatic carbocycles. The molecular weight excluding hydrogens is 364 g/mol. The normalized spacial score (nSPS) is 13.3. The molecule has 2 aromatic carbocycles. The first kappa shape index (κ1) is 17.7. The van der Waals surface area contributed by atoms with Crippen molar-refractivity contribution in [1.29, 1.82) is 0 Å². The second-order valence-corrected chi connectivity index (χ2v) is 7.74. The first-order valence-corrected chi connectivity index (χ1v) is 9.53. The molecule has 0 radical (unpaired) electrons. The van der Waals surface area contributed by atoms with Crippen LogP contribution < -0.4 is 16.2 Å². The van der Waals surface area contributed by atoms with Gasteiger partial charge in [0.2, 0.25) is 0 Å². The topological polar surface area (TPSA) is 86.5 Å². The standard InChI is InChI=1S/C22H22N6O/c1-22(2,29)16-4-6-17(7-5-16)25-20-21-23-9-10-28(21)13-19(26-20)14-3-8-18-15(11-14)12-24-27-18/h3-11,13,24,27,29H,12H2,1-2H3,(H,25,26). The fraction of sp³-hybridized carbons (Fsp3) is 0.182. The number of aliphatic hydroxyl groups is 1. The van der Waals surface area contributed by atoms with Crippen LogP contribution in [-0.4, -0.2) is 19.5 Å². The van der Waals surface area contributed by atoms with Gasteiger partial charge in [-0.3, -0.25) is 0 Å². The van der Waals surface area contributed by atoms with Gasteiger partial charge in [-0.2, -0.15) is 0 Å². The fourth-order valence-electron chi connectivity index (χ4n) is 3.51. The van der Waals surface area contributed by atoms with E-state index in [1.807, 2.05) is 41.1 Å². The number of aromatic nitrogens is 3. The molecule has 4 aromatic rings. The summed E-state index contributed by atoms with van der Waals surface area (Å²) in [5, 5.41) is 13.5. The molecular formula is C22H22N6O. The third-order valence-electron chi connectivity index (χ3n) is 5.13. The minimum absolute atomic E-state index is 0.681. The summed E-state index contributed by atoms with van der Waals surface area (Å²) in [6.45, 7) is 4.33. The third kappa shape index (κ3) is 3.30. The minimum Gasteiger partial charge on any atom is -0.386 e. The number of fused-ring (bicyclic) bond motifs is 2. The van der Waals surface area contributed by atoms with Crippen molar-refractivity contribution in [1.82, 2.24) is 19.8 Å². The molecule has 3 heterocycles. The highest BCUT2D eigenvalue weighted by molar-refractivity contribution is 5.75. The number of hydrogen-bond donors (Lipinski definition) is 4. The molecule has 0 unspecified atom stereocenters. The minimum atomic E-state index is -0.871. The van der Waals surface area contributed by atoms with E-state index in [1.165, 1.54) is 5.56 Å². The Morgan fingerprint density at radius 2 is 1.97 bits per heavy atom. The van der Waals surface area contributed by atoms with Gasteiger partial charge in [0.1, 0.15) is 0 Å². The summed E-state index contributed by atoms with van der Waals surface area (Å²) in [7, 11) is 0. The van der Waals surface area contributed by atoms with Crippen molar-refractivity contribution in [3.63, 3.8) is 0 Å². The molecule has 0 spiro atoms. The molecule has 0 fully saturated rings. The van der Waals surface area contributed by atoms with E-state index >= 15 is 0 Å². The van der Waals surface area contributed by atoms with Crippen LogP contribution in [0, 0.1) is 0 Å². The van der Waals surface area contributed by atoms with E-state index in [1.54, 1.807) is 20.0 Å². The Kier molecular flexibility index (Phi) is 4.01. The average Bonchev–Trinajstić information content (AvgIpc) is 3.36. The van der Waals surface area contributed by atoms with Crippen molar-refractivity contribution in [3.8, 4) is 11.3 Å². The van der Waals surface area contributed by atoms with Crippen molar-refractivity contribution < 1.29 is 5.11 Å². The van der Waals surface area contributed by atoms with Crippen molar-refractivity contribution in [2.75, 3.05) is 10.7 Å². The maximum Gasteiger partial charge on any atom is 0.180 e. The summed E-state index contributed by atoms with van der Waals surface area (Å²) < 4.78 is 1.97. The van der Waals surface area contributed by atoms with Gasteiger partial charge >= 0.3 is 0 Å². The van der Waals surface area contributed by atoms with Crippen LogP contribution in [0.15, 0.2) is 61.1 Å². The van der Waals surface area contributed by atoms with E-state index in [-0.39, 0.29) is 0 Å². The molecule has 1 aliphatic rings. The van der Waals surface area contributed by atoms with E-state index in [4.69, 9.17) is 4.98 Å². The Morgan fingerprint density at radius 3 is 2.76 bits per heavy atom. The van der Waals surface area contributed by atoms with Crippen molar-refractivity contribution >= 4 is 22.8 Å². The van der Waals surface area contributed by atoms with Gasteiger partial charge in [-0.25, -0.2) is 15.4 Å². The number of rotatable bonds is 4. The number of hydrogen-bond acceptors (Lipinski definition) is 6. The Bertz CT molecular complexity index is 1190. The summed E-state index contributed by atoms with van der Waals surface area (Å²) in [5.74, 6) is 0.681. The van der Waals surface area contributed by atoms with Gasteiger partial charge < -0.3 is 20.2 Å². The Morgan fingerprint density at radius 1 is 1.14 bits per heavy atom. The van der Waals surface area contributed by atoms with E-state index in [9.17, 15) is 5.11 Å². The van der Waals surface area contributed by atoms with Crippen LogP contribution in [0.4, 0.5) is 17.2 Å². The predicted octanol–water partition coefficient (Wildman–Crippen LogP) is 3.80. The average molecular weight is 386 g/mol. The van der Waals surface area contributed by atoms with E-state index in [0.29, 0.717) is 5.82 Å². The van der Waals surface area contributed by atoms with Gasteiger partial charge in [0.05, 0.1) is 17.0 Å². The van der Waals surface area contributed by atoms with Crippen LogP contribution in [-0.2, 0) is 12.1 Å². The highest BCUT2D eigenvalue weighted by atomic mass is 16.3.